The first-order valence-corrected chi connectivity index (χ1v) is 11.8. The summed E-state index contributed by atoms with van der Waals surface area (Å²) in [5, 5.41) is 8.76. The molecule has 1 aliphatic heterocycles. The Kier molecular flexibility index (Phi) is 10.7. The second kappa shape index (κ2) is 12.7. The van der Waals surface area contributed by atoms with Crippen molar-refractivity contribution in [3.8, 4) is 0 Å². The van der Waals surface area contributed by atoms with Crippen molar-refractivity contribution in [3.05, 3.63) is 0 Å². The smallest absolute Gasteiger partial charge is 0.329 e. The molecule has 31 heavy (non-hydrogen) atoms. The molecular weight excluding hydrogens is 400 g/mol. The zero-order valence-corrected chi connectivity index (χ0v) is 19.5. The van der Waals surface area contributed by atoms with Gasteiger partial charge in [0.25, 0.3) is 0 Å². The summed E-state index contributed by atoms with van der Waals surface area (Å²) >= 11 is 0. The quantitative estimate of drug-likeness (QED) is 0.372. The summed E-state index contributed by atoms with van der Waals surface area (Å²) in [5.74, 6) is -0.382. The molecule has 0 radical (unpaired) electrons. The summed E-state index contributed by atoms with van der Waals surface area (Å²) in [7, 11) is 0. The summed E-state index contributed by atoms with van der Waals surface area (Å²) in [6.45, 7) is 7.52. The number of hydrogen-bond acceptors (Lipinski definition) is 7. The molecule has 1 aliphatic carbocycles. The molecule has 0 bridgehead atoms. The Labute approximate surface area is 186 Å². The standard InChI is InChI=1S/C23H42N2O6/c1-23(2,3)31-22(28)19-15-18(30-14-8-13-29-12-7-11-26)16-25(19)21(27)20(24)17-9-5-4-6-10-17/h17-20,26H,4-16,24H2,1-3H3/t18-,19+,20+/m1/s1. The van der Waals surface area contributed by atoms with Crippen LogP contribution in [0.2, 0.25) is 0 Å². The third-order valence-corrected chi connectivity index (χ3v) is 5.90. The maximum absolute atomic E-state index is 13.2. The second-order valence-electron chi connectivity index (χ2n) is 9.74. The Hall–Kier alpha value is -1.22. The first kappa shape index (κ1) is 26.0. The van der Waals surface area contributed by atoms with Crippen LogP contribution in [-0.4, -0.2) is 78.6 Å². The highest BCUT2D eigenvalue weighted by Gasteiger charge is 2.44. The molecule has 0 aromatic rings. The number of likely N-dealkylation sites (tertiary alicyclic amines) is 1. The van der Waals surface area contributed by atoms with E-state index < -0.39 is 23.7 Å². The van der Waals surface area contributed by atoms with Crippen molar-refractivity contribution in [2.24, 2.45) is 11.7 Å². The van der Waals surface area contributed by atoms with Crippen LogP contribution in [0.4, 0.5) is 0 Å². The van der Waals surface area contributed by atoms with Gasteiger partial charge in [0.05, 0.1) is 12.1 Å². The van der Waals surface area contributed by atoms with Crippen molar-refractivity contribution in [2.75, 3.05) is 33.0 Å². The molecule has 1 saturated carbocycles. The number of nitrogens with two attached hydrogens (primary N) is 1. The van der Waals surface area contributed by atoms with E-state index >= 15 is 0 Å². The van der Waals surface area contributed by atoms with Crippen LogP contribution >= 0.6 is 0 Å². The number of hydrogen-bond donors (Lipinski definition) is 2. The maximum Gasteiger partial charge on any atom is 0.329 e. The molecule has 2 fully saturated rings. The van der Waals surface area contributed by atoms with E-state index in [0.717, 1.165) is 25.7 Å². The van der Waals surface area contributed by atoms with Gasteiger partial charge in [-0.3, -0.25) is 4.79 Å². The van der Waals surface area contributed by atoms with E-state index in [-0.39, 0.29) is 24.5 Å². The van der Waals surface area contributed by atoms with Crippen LogP contribution in [0.3, 0.4) is 0 Å². The number of aliphatic hydroxyl groups is 1. The van der Waals surface area contributed by atoms with Crippen LogP contribution in [-0.2, 0) is 23.8 Å². The van der Waals surface area contributed by atoms with Crippen molar-refractivity contribution >= 4 is 11.9 Å². The van der Waals surface area contributed by atoms with Crippen LogP contribution in [0.15, 0.2) is 0 Å². The molecule has 3 N–H and O–H groups in total. The Morgan fingerprint density at radius 3 is 2.42 bits per heavy atom. The van der Waals surface area contributed by atoms with Gasteiger partial charge in [0.15, 0.2) is 0 Å². The predicted octanol–water partition coefficient (Wildman–Crippen LogP) is 2.01. The molecular formula is C23H42N2O6. The first-order chi connectivity index (χ1) is 14.7. The molecule has 1 amide bonds. The Bertz CT molecular complexity index is 559. The fraction of sp³-hybridized carbons (Fsp3) is 0.913. The highest BCUT2D eigenvalue weighted by Crippen LogP contribution is 2.29. The maximum atomic E-state index is 13.2. The third-order valence-electron chi connectivity index (χ3n) is 5.90. The third kappa shape index (κ3) is 8.67. The minimum atomic E-state index is -0.660. The van der Waals surface area contributed by atoms with Gasteiger partial charge in [0.2, 0.25) is 5.91 Å². The molecule has 8 nitrogen and oxygen atoms in total. The van der Waals surface area contributed by atoms with Gasteiger partial charge in [0.1, 0.15) is 11.6 Å². The van der Waals surface area contributed by atoms with Crippen molar-refractivity contribution in [1.82, 2.24) is 4.90 Å². The van der Waals surface area contributed by atoms with Crippen molar-refractivity contribution in [3.63, 3.8) is 0 Å². The van der Waals surface area contributed by atoms with Crippen LogP contribution < -0.4 is 5.73 Å². The van der Waals surface area contributed by atoms with Crippen LogP contribution in [0.5, 0.6) is 0 Å². The molecule has 0 aromatic heterocycles. The molecule has 0 aromatic carbocycles. The molecule has 3 atom stereocenters. The summed E-state index contributed by atoms with van der Waals surface area (Å²) in [6, 6.07) is -1.24. The van der Waals surface area contributed by atoms with Gasteiger partial charge in [-0.15, -0.1) is 0 Å². The highest BCUT2D eigenvalue weighted by molar-refractivity contribution is 5.88. The lowest BCUT2D eigenvalue weighted by Gasteiger charge is -2.32. The molecule has 1 heterocycles. The number of ether oxygens (including phenoxy) is 3. The molecule has 180 valence electrons. The topological polar surface area (TPSA) is 111 Å². The molecule has 2 aliphatic rings. The number of carbonyl (C=O) groups is 2. The Morgan fingerprint density at radius 2 is 1.77 bits per heavy atom. The Balaban J connectivity index is 1.93. The summed E-state index contributed by atoms with van der Waals surface area (Å²) in [6.07, 6.45) is 6.87. The van der Waals surface area contributed by atoms with Crippen LogP contribution in [0.1, 0.15) is 72.1 Å². The minimum Gasteiger partial charge on any atom is -0.458 e. The van der Waals surface area contributed by atoms with E-state index in [0.29, 0.717) is 45.6 Å². The number of amides is 1. The van der Waals surface area contributed by atoms with Gasteiger partial charge in [-0.1, -0.05) is 19.3 Å². The second-order valence-corrected chi connectivity index (χ2v) is 9.74. The zero-order chi connectivity index (χ0) is 22.9. The molecule has 2 rings (SSSR count). The lowest BCUT2D eigenvalue weighted by atomic mass is 9.83. The average molecular weight is 443 g/mol. The van der Waals surface area contributed by atoms with E-state index in [1.165, 1.54) is 6.42 Å². The summed E-state index contributed by atoms with van der Waals surface area (Å²) < 4.78 is 17.0. The zero-order valence-electron chi connectivity index (χ0n) is 19.5. The van der Waals surface area contributed by atoms with Gasteiger partial charge in [-0.2, -0.15) is 0 Å². The highest BCUT2D eigenvalue weighted by atomic mass is 16.6. The molecule has 8 heteroatoms. The van der Waals surface area contributed by atoms with E-state index in [2.05, 4.69) is 0 Å². The fourth-order valence-electron chi connectivity index (χ4n) is 4.32. The monoisotopic (exact) mass is 442 g/mol. The van der Waals surface area contributed by atoms with Gasteiger partial charge in [-0.05, 0) is 52.4 Å². The molecule has 0 unspecified atom stereocenters. The van der Waals surface area contributed by atoms with E-state index in [1.54, 1.807) is 4.90 Å². The molecule has 1 saturated heterocycles. The van der Waals surface area contributed by atoms with Crippen LogP contribution in [0.25, 0.3) is 0 Å². The minimum absolute atomic E-state index is 0.123. The predicted molar refractivity (Wildman–Crippen MR) is 117 cm³/mol. The summed E-state index contributed by atoms with van der Waals surface area (Å²) in [5.41, 5.74) is 5.75. The largest absolute Gasteiger partial charge is 0.458 e. The number of carbonyl (C=O) groups excluding carboxylic acids is 2. The fourth-order valence-corrected chi connectivity index (χ4v) is 4.32. The van der Waals surface area contributed by atoms with Crippen molar-refractivity contribution in [1.29, 1.82) is 0 Å². The van der Waals surface area contributed by atoms with Gasteiger partial charge < -0.3 is 30.0 Å². The van der Waals surface area contributed by atoms with Gasteiger partial charge in [-0.25, -0.2) is 4.79 Å². The SMILES string of the molecule is CC(C)(C)OC(=O)[C@@H]1C[C@@H](OCCCOCCCO)CN1C(=O)[C@@H](N)C1CCCCC1. The Morgan fingerprint density at radius 1 is 1.10 bits per heavy atom. The lowest BCUT2D eigenvalue weighted by Crippen LogP contribution is -2.52. The van der Waals surface area contributed by atoms with E-state index in [1.807, 2.05) is 20.8 Å². The number of rotatable bonds is 11. The molecule has 0 spiro atoms. The number of nitrogens with zero attached hydrogens (tertiary/aromatic N) is 1. The van der Waals surface area contributed by atoms with E-state index in [4.69, 9.17) is 25.1 Å². The normalized spacial score (nSPS) is 23.7. The lowest BCUT2D eigenvalue weighted by molar-refractivity contribution is -0.163. The van der Waals surface area contributed by atoms with Gasteiger partial charge in [0, 0.05) is 39.4 Å². The number of esters is 1. The number of aliphatic hydroxyl groups excluding tert-OH is 1. The van der Waals surface area contributed by atoms with Gasteiger partial charge >= 0.3 is 5.97 Å². The first-order valence-electron chi connectivity index (χ1n) is 11.8. The average Bonchev–Trinajstić information content (AvgIpc) is 3.16. The van der Waals surface area contributed by atoms with E-state index in [9.17, 15) is 9.59 Å². The summed E-state index contributed by atoms with van der Waals surface area (Å²) in [4.78, 5) is 27.7. The van der Waals surface area contributed by atoms with Crippen molar-refractivity contribution in [2.45, 2.75) is 95.9 Å². The van der Waals surface area contributed by atoms with Crippen molar-refractivity contribution < 1.29 is 28.9 Å². The van der Waals surface area contributed by atoms with Crippen LogP contribution in [0, 0.1) is 5.92 Å².